The molecule has 30 heavy (non-hydrogen) atoms. The largest absolute Gasteiger partial charge is 0.334 e. The van der Waals surface area contributed by atoms with Crippen LogP contribution in [0.2, 0.25) is 0 Å². The van der Waals surface area contributed by atoms with Crippen molar-refractivity contribution in [2.45, 2.75) is 26.3 Å². The van der Waals surface area contributed by atoms with E-state index in [-0.39, 0.29) is 11.8 Å². The normalized spacial score (nSPS) is 15.2. The van der Waals surface area contributed by atoms with Gasteiger partial charge in [-0.3, -0.25) is 9.59 Å². The number of hydrogen-bond acceptors (Lipinski definition) is 6. The summed E-state index contributed by atoms with van der Waals surface area (Å²) in [4.78, 5) is 42.5. The molecule has 1 aromatic heterocycles. The van der Waals surface area contributed by atoms with Gasteiger partial charge in [-0.05, 0) is 63.2 Å². The maximum atomic E-state index is 12.6. The standard InChI is InChI=1S/C21H19N5O4/c1-12-22-18(30-25-12)14-9-7-13(8-10-14)17(27)23-15-5-4-6-16(11-15)26-19(28)21(2,3)24-20(26)29/h4-11H,1-3H3,(H,23,27)(H,24,29). The number of anilines is 2. The number of hydrogen-bond donors (Lipinski definition) is 2. The van der Waals surface area contributed by atoms with Crippen molar-refractivity contribution in [3.05, 3.63) is 59.9 Å². The van der Waals surface area contributed by atoms with Crippen LogP contribution >= 0.6 is 0 Å². The Bertz CT molecular complexity index is 1150. The molecule has 3 aromatic rings. The van der Waals surface area contributed by atoms with Crippen molar-refractivity contribution in [1.82, 2.24) is 15.5 Å². The van der Waals surface area contributed by atoms with Crippen molar-refractivity contribution in [2.75, 3.05) is 10.2 Å². The molecule has 0 atom stereocenters. The fraction of sp³-hybridized carbons (Fsp3) is 0.190. The fourth-order valence-electron chi connectivity index (χ4n) is 3.09. The second kappa shape index (κ2) is 7.11. The lowest BCUT2D eigenvalue weighted by atomic mass is 10.1. The first-order chi connectivity index (χ1) is 14.2. The summed E-state index contributed by atoms with van der Waals surface area (Å²) < 4.78 is 5.11. The van der Waals surface area contributed by atoms with Gasteiger partial charge in [-0.2, -0.15) is 4.98 Å². The molecule has 1 aliphatic rings. The Hall–Kier alpha value is -4.01. The number of aryl methyl sites for hydroxylation is 1. The molecule has 1 saturated heterocycles. The summed E-state index contributed by atoms with van der Waals surface area (Å²) in [6, 6.07) is 12.8. The first-order valence-corrected chi connectivity index (χ1v) is 9.23. The lowest BCUT2D eigenvalue weighted by Crippen LogP contribution is -2.40. The fourth-order valence-corrected chi connectivity index (χ4v) is 3.09. The van der Waals surface area contributed by atoms with Gasteiger partial charge in [0.2, 0.25) is 0 Å². The van der Waals surface area contributed by atoms with Gasteiger partial charge in [-0.1, -0.05) is 11.2 Å². The van der Waals surface area contributed by atoms with E-state index in [2.05, 4.69) is 20.8 Å². The average molecular weight is 405 g/mol. The number of nitrogens with one attached hydrogen (secondary N) is 2. The highest BCUT2D eigenvalue weighted by Gasteiger charge is 2.45. The van der Waals surface area contributed by atoms with Crippen molar-refractivity contribution >= 4 is 29.2 Å². The average Bonchev–Trinajstić information content (AvgIpc) is 3.22. The summed E-state index contributed by atoms with van der Waals surface area (Å²) in [6.45, 7) is 5.00. The Labute approximate surface area is 172 Å². The quantitative estimate of drug-likeness (QED) is 0.644. The highest BCUT2D eigenvalue weighted by atomic mass is 16.5. The summed E-state index contributed by atoms with van der Waals surface area (Å²) >= 11 is 0. The second-order valence-electron chi connectivity index (χ2n) is 7.42. The smallest absolute Gasteiger partial charge is 0.329 e. The highest BCUT2D eigenvalue weighted by Crippen LogP contribution is 2.27. The first-order valence-electron chi connectivity index (χ1n) is 9.23. The van der Waals surface area contributed by atoms with Gasteiger partial charge in [-0.25, -0.2) is 9.69 Å². The van der Waals surface area contributed by atoms with Crippen molar-refractivity contribution < 1.29 is 18.9 Å². The number of aromatic nitrogens is 2. The molecule has 1 fully saturated rings. The van der Waals surface area contributed by atoms with Crippen LogP contribution in [-0.2, 0) is 4.79 Å². The molecule has 2 N–H and O–H groups in total. The van der Waals surface area contributed by atoms with Gasteiger partial charge < -0.3 is 15.2 Å². The Kier molecular flexibility index (Phi) is 4.57. The summed E-state index contributed by atoms with van der Waals surface area (Å²) in [5.74, 6) is 0.213. The number of urea groups is 1. The summed E-state index contributed by atoms with van der Waals surface area (Å²) in [6.07, 6.45) is 0. The summed E-state index contributed by atoms with van der Waals surface area (Å²) in [5.41, 5.74) is 0.990. The van der Waals surface area contributed by atoms with Crippen LogP contribution in [0.5, 0.6) is 0 Å². The number of carbonyl (C=O) groups excluding carboxylic acids is 3. The topological polar surface area (TPSA) is 117 Å². The zero-order valence-corrected chi connectivity index (χ0v) is 16.6. The molecular formula is C21H19N5O4. The summed E-state index contributed by atoms with van der Waals surface area (Å²) in [5, 5.41) is 9.15. The molecule has 0 aliphatic carbocycles. The Balaban J connectivity index is 1.51. The van der Waals surface area contributed by atoms with Gasteiger partial charge in [-0.15, -0.1) is 0 Å². The third-order valence-corrected chi connectivity index (χ3v) is 4.64. The van der Waals surface area contributed by atoms with E-state index in [4.69, 9.17) is 4.52 Å². The van der Waals surface area contributed by atoms with Crippen molar-refractivity contribution in [1.29, 1.82) is 0 Å². The van der Waals surface area contributed by atoms with E-state index in [1.165, 1.54) is 0 Å². The third-order valence-electron chi connectivity index (χ3n) is 4.64. The molecule has 0 unspecified atom stereocenters. The number of rotatable bonds is 4. The van der Waals surface area contributed by atoms with Gasteiger partial charge in [0.1, 0.15) is 5.54 Å². The molecule has 2 heterocycles. The minimum absolute atomic E-state index is 0.335. The summed E-state index contributed by atoms with van der Waals surface area (Å²) in [7, 11) is 0. The Morgan fingerprint density at radius 2 is 1.87 bits per heavy atom. The lowest BCUT2D eigenvalue weighted by molar-refractivity contribution is -0.121. The van der Waals surface area contributed by atoms with Crippen molar-refractivity contribution in [3.8, 4) is 11.5 Å². The molecule has 9 heteroatoms. The van der Waals surface area contributed by atoms with Crippen LogP contribution in [0.4, 0.5) is 16.2 Å². The number of carbonyl (C=O) groups is 3. The molecule has 1 aliphatic heterocycles. The van der Waals surface area contributed by atoms with E-state index >= 15 is 0 Å². The Morgan fingerprint density at radius 1 is 1.13 bits per heavy atom. The van der Waals surface area contributed by atoms with E-state index in [0.717, 1.165) is 4.90 Å². The van der Waals surface area contributed by atoms with E-state index in [9.17, 15) is 14.4 Å². The van der Waals surface area contributed by atoms with E-state index in [1.54, 1.807) is 69.3 Å². The van der Waals surface area contributed by atoms with Crippen molar-refractivity contribution in [2.24, 2.45) is 0 Å². The maximum Gasteiger partial charge on any atom is 0.329 e. The van der Waals surface area contributed by atoms with Gasteiger partial charge in [0.05, 0.1) is 5.69 Å². The van der Waals surface area contributed by atoms with Crippen LogP contribution in [-0.4, -0.2) is 33.5 Å². The van der Waals surface area contributed by atoms with Crippen LogP contribution in [0.1, 0.15) is 30.0 Å². The molecule has 152 valence electrons. The molecule has 9 nitrogen and oxygen atoms in total. The molecule has 0 saturated carbocycles. The maximum absolute atomic E-state index is 12.6. The molecule has 0 bridgehead atoms. The van der Waals surface area contributed by atoms with E-state index in [1.807, 2.05) is 0 Å². The third kappa shape index (κ3) is 3.52. The van der Waals surface area contributed by atoms with Gasteiger partial charge in [0.15, 0.2) is 5.82 Å². The monoisotopic (exact) mass is 405 g/mol. The van der Waals surface area contributed by atoms with Crippen LogP contribution in [0.25, 0.3) is 11.5 Å². The first kappa shape index (κ1) is 19.3. The number of imide groups is 1. The molecule has 0 spiro atoms. The minimum atomic E-state index is -0.977. The SMILES string of the molecule is Cc1noc(-c2ccc(C(=O)Nc3cccc(N4C(=O)NC(C)(C)C4=O)c3)cc2)n1. The number of amides is 4. The van der Waals surface area contributed by atoms with Crippen molar-refractivity contribution in [3.63, 3.8) is 0 Å². The molecule has 4 amide bonds. The molecule has 0 radical (unpaired) electrons. The van der Waals surface area contributed by atoms with Crippen LogP contribution in [0.3, 0.4) is 0 Å². The van der Waals surface area contributed by atoms with E-state index in [0.29, 0.717) is 34.2 Å². The molecule has 2 aromatic carbocycles. The number of nitrogens with zero attached hydrogens (tertiary/aromatic N) is 3. The zero-order chi connectivity index (χ0) is 21.5. The van der Waals surface area contributed by atoms with Gasteiger partial charge in [0.25, 0.3) is 17.7 Å². The number of benzene rings is 2. The second-order valence-corrected chi connectivity index (χ2v) is 7.42. The minimum Gasteiger partial charge on any atom is -0.334 e. The van der Waals surface area contributed by atoms with Crippen LogP contribution < -0.4 is 15.5 Å². The Morgan fingerprint density at radius 3 is 2.47 bits per heavy atom. The van der Waals surface area contributed by atoms with E-state index < -0.39 is 11.6 Å². The predicted molar refractivity (Wildman–Crippen MR) is 109 cm³/mol. The zero-order valence-electron chi connectivity index (χ0n) is 16.6. The highest BCUT2D eigenvalue weighted by molar-refractivity contribution is 6.23. The van der Waals surface area contributed by atoms with Gasteiger partial charge >= 0.3 is 6.03 Å². The van der Waals surface area contributed by atoms with Crippen LogP contribution in [0, 0.1) is 6.92 Å². The molecule has 4 rings (SSSR count). The predicted octanol–water partition coefficient (Wildman–Crippen LogP) is 3.13. The van der Waals surface area contributed by atoms with Crippen LogP contribution in [0.15, 0.2) is 53.1 Å². The molecular weight excluding hydrogens is 386 g/mol. The lowest BCUT2D eigenvalue weighted by Gasteiger charge is -2.16. The van der Waals surface area contributed by atoms with Gasteiger partial charge in [0, 0.05) is 16.8 Å².